The molecule has 1 amide bonds. The molecule has 0 spiro atoms. The first-order valence-electron chi connectivity index (χ1n) is 18.5. The molecule has 11 heteroatoms. The molecule has 0 saturated heterocycles. The van der Waals surface area contributed by atoms with Crippen molar-refractivity contribution in [3.8, 4) is 0 Å². The van der Waals surface area contributed by atoms with Crippen LogP contribution >= 0.6 is 8.17 Å². The summed E-state index contributed by atoms with van der Waals surface area (Å²) >= 11 is 0. The van der Waals surface area contributed by atoms with Gasteiger partial charge in [-0.3, -0.25) is 14.4 Å². The van der Waals surface area contributed by atoms with Crippen LogP contribution in [-0.4, -0.2) is 58.4 Å². The van der Waals surface area contributed by atoms with Gasteiger partial charge in [-0.25, -0.2) is 0 Å². The summed E-state index contributed by atoms with van der Waals surface area (Å²) < 4.78 is 15.2. The molecule has 0 aromatic heterocycles. The van der Waals surface area contributed by atoms with Crippen LogP contribution in [0, 0.1) is 0 Å². The number of hydrogen-bond donors (Lipinski definition) is 4. The SMILES string of the molecule is CCCCCCCCCCCCCCCC(=O)O[C@H](COC(=O)CCCCCCCCCCCNC(=O)CCC)CO[P+](O)(O)O. The zero-order valence-electron chi connectivity index (χ0n) is 29.3. The smallest absolute Gasteiger partial charge is 0.462 e. The van der Waals surface area contributed by atoms with Crippen LogP contribution in [0.3, 0.4) is 0 Å². The predicted octanol–water partition coefficient (Wildman–Crippen LogP) is 8.41. The van der Waals surface area contributed by atoms with Crippen molar-refractivity contribution in [2.45, 2.75) is 187 Å². The molecule has 4 N–H and O–H groups in total. The van der Waals surface area contributed by atoms with E-state index in [1.165, 1.54) is 64.2 Å². The van der Waals surface area contributed by atoms with Gasteiger partial charge in [-0.15, -0.1) is 4.52 Å². The Hall–Kier alpha value is -1.32. The minimum atomic E-state index is -4.51. The zero-order valence-corrected chi connectivity index (χ0v) is 30.2. The van der Waals surface area contributed by atoms with Crippen molar-refractivity contribution in [3.05, 3.63) is 0 Å². The van der Waals surface area contributed by atoms with Gasteiger partial charge in [-0.05, 0) is 25.7 Å². The van der Waals surface area contributed by atoms with Crippen molar-refractivity contribution in [3.63, 3.8) is 0 Å². The Kier molecular flexibility index (Phi) is 31.3. The summed E-state index contributed by atoms with van der Waals surface area (Å²) in [6.45, 7) is 4.25. The third kappa shape index (κ3) is 34.0. The molecule has 272 valence electrons. The van der Waals surface area contributed by atoms with Crippen molar-refractivity contribution in [1.82, 2.24) is 5.32 Å². The molecule has 0 aliphatic rings. The van der Waals surface area contributed by atoms with Gasteiger partial charge in [0.25, 0.3) is 0 Å². The maximum atomic E-state index is 12.3. The fourth-order valence-corrected chi connectivity index (χ4v) is 5.63. The van der Waals surface area contributed by atoms with Gasteiger partial charge in [0, 0.05) is 25.8 Å². The Morgan fingerprint density at radius 2 is 0.978 bits per heavy atom. The molecule has 0 aromatic carbocycles. The predicted molar refractivity (Wildman–Crippen MR) is 185 cm³/mol. The van der Waals surface area contributed by atoms with Gasteiger partial charge in [0.15, 0.2) is 6.10 Å². The standard InChI is InChI=1S/C35H68NO9P/c1-3-5-6-7-8-9-10-11-12-14-18-21-24-28-35(39)45-32(31-44-46(40,41)42)30-43-34(38)27-23-20-17-15-13-16-19-22-25-29-36-33(37)26-4-2/h32,40-42H,3-31H2,1-2H3/p+1/t32-/m1/s1. The highest BCUT2D eigenvalue weighted by atomic mass is 31.2. The van der Waals surface area contributed by atoms with E-state index in [1.807, 2.05) is 6.92 Å². The van der Waals surface area contributed by atoms with Crippen LogP contribution in [0.15, 0.2) is 0 Å². The van der Waals surface area contributed by atoms with Crippen LogP contribution in [0.4, 0.5) is 0 Å². The van der Waals surface area contributed by atoms with Gasteiger partial charge in [0.1, 0.15) is 13.2 Å². The number of unbranched alkanes of at least 4 members (excludes halogenated alkanes) is 20. The lowest BCUT2D eigenvalue weighted by atomic mass is 10.0. The molecule has 0 bridgehead atoms. The molecule has 0 saturated carbocycles. The number of ether oxygens (including phenoxy) is 2. The van der Waals surface area contributed by atoms with E-state index in [0.29, 0.717) is 19.3 Å². The average molecular weight is 679 g/mol. The molecule has 46 heavy (non-hydrogen) atoms. The lowest BCUT2D eigenvalue weighted by molar-refractivity contribution is -0.161. The summed E-state index contributed by atoms with van der Waals surface area (Å²) in [4.78, 5) is 63.4. The van der Waals surface area contributed by atoms with E-state index in [4.69, 9.17) is 24.2 Å². The van der Waals surface area contributed by atoms with Gasteiger partial charge in [0.2, 0.25) is 5.91 Å². The topological polar surface area (TPSA) is 152 Å². The Morgan fingerprint density at radius 1 is 0.543 bits per heavy atom. The highest BCUT2D eigenvalue weighted by molar-refractivity contribution is 7.53. The first kappa shape index (κ1) is 44.7. The van der Waals surface area contributed by atoms with Crippen molar-refractivity contribution >= 4 is 26.0 Å². The summed E-state index contributed by atoms with van der Waals surface area (Å²) in [7, 11) is -4.51. The molecule has 1 atom stereocenters. The Bertz CT molecular complexity index is 733. The monoisotopic (exact) mass is 678 g/mol. The minimum Gasteiger partial charge on any atom is -0.462 e. The van der Waals surface area contributed by atoms with E-state index in [9.17, 15) is 14.4 Å². The normalized spacial score (nSPS) is 12.2. The Morgan fingerprint density at radius 3 is 1.43 bits per heavy atom. The highest BCUT2D eigenvalue weighted by Gasteiger charge is 2.35. The van der Waals surface area contributed by atoms with Gasteiger partial charge in [0.05, 0.1) is 0 Å². The summed E-state index contributed by atoms with van der Waals surface area (Å²) in [6, 6.07) is 0. The third-order valence-electron chi connectivity index (χ3n) is 8.00. The van der Waals surface area contributed by atoms with Crippen molar-refractivity contribution in [1.29, 1.82) is 0 Å². The van der Waals surface area contributed by atoms with Crippen LogP contribution in [0.25, 0.3) is 0 Å². The molecule has 0 fully saturated rings. The van der Waals surface area contributed by atoms with E-state index < -0.39 is 32.8 Å². The fourth-order valence-electron chi connectivity index (χ4n) is 5.26. The number of carbonyl (C=O) groups excluding carboxylic acids is 3. The van der Waals surface area contributed by atoms with E-state index in [-0.39, 0.29) is 25.4 Å². The van der Waals surface area contributed by atoms with Crippen LogP contribution in [0.5, 0.6) is 0 Å². The van der Waals surface area contributed by atoms with Crippen LogP contribution in [0.2, 0.25) is 0 Å². The van der Waals surface area contributed by atoms with Gasteiger partial charge >= 0.3 is 20.1 Å². The first-order chi connectivity index (χ1) is 22.2. The molecule has 0 rings (SSSR count). The van der Waals surface area contributed by atoms with E-state index in [1.54, 1.807) is 0 Å². The molecular weight excluding hydrogens is 609 g/mol. The first-order valence-corrected chi connectivity index (χ1v) is 20.1. The summed E-state index contributed by atoms with van der Waals surface area (Å²) in [5.74, 6) is -0.743. The summed E-state index contributed by atoms with van der Waals surface area (Å²) in [5.41, 5.74) is 0. The number of rotatable bonds is 34. The third-order valence-corrected chi connectivity index (χ3v) is 8.50. The van der Waals surface area contributed by atoms with Crippen molar-refractivity contribution in [2.75, 3.05) is 19.8 Å². The van der Waals surface area contributed by atoms with E-state index in [2.05, 4.69) is 16.8 Å². The molecule has 0 heterocycles. The van der Waals surface area contributed by atoms with Gasteiger partial charge in [-0.2, -0.15) is 14.7 Å². The second-order valence-corrected chi connectivity index (χ2v) is 13.9. The van der Waals surface area contributed by atoms with Crippen LogP contribution < -0.4 is 5.32 Å². The zero-order chi connectivity index (χ0) is 34.1. The van der Waals surface area contributed by atoms with Gasteiger partial charge in [-0.1, -0.05) is 136 Å². The Balaban J connectivity index is 3.93. The minimum absolute atomic E-state index is 0.140. The highest BCUT2D eigenvalue weighted by Crippen LogP contribution is 2.45. The van der Waals surface area contributed by atoms with E-state index in [0.717, 1.165) is 77.2 Å². The quantitative estimate of drug-likeness (QED) is 0.0299. The van der Waals surface area contributed by atoms with Crippen molar-refractivity contribution < 1.29 is 43.1 Å². The van der Waals surface area contributed by atoms with Gasteiger partial charge < -0.3 is 14.8 Å². The van der Waals surface area contributed by atoms with Crippen LogP contribution in [0.1, 0.15) is 181 Å². The summed E-state index contributed by atoms with van der Waals surface area (Å²) in [6.07, 6.45) is 26.0. The molecule has 0 aliphatic carbocycles. The maximum absolute atomic E-state index is 12.3. The number of nitrogens with one attached hydrogen (secondary N) is 1. The van der Waals surface area contributed by atoms with E-state index >= 15 is 0 Å². The fraction of sp³-hybridized carbons (Fsp3) is 0.914. The number of hydrogen-bond acceptors (Lipinski definition) is 9. The van der Waals surface area contributed by atoms with Crippen molar-refractivity contribution in [2.24, 2.45) is 0 Å². The molecule has 10 nitrogen and oxygen atoms in total. The average Bonchev–Trinajstić information content (AvgIpc) is 3.01. The maximum Gasteiger partial charge on any atom is 0.567 e. The lowest BCUT2D eigenvalue weighted by Gasteiger charge is -2.17. The second kappa shape index (κ2) is 32.2. The second-order valence-electron chi connectivity index (χ2n) is 12.6. The molecule has 0 aliphatic heterocycles. The largest absolute Gasteiger partial charge is 0.567 e. The number of amides is 1. The molecular formula is C35H69NO9P+. The number of esters is 2. The van der Waals surface area contributed by atoms with Crippen LogP contribution in [-0.2, 0) is 28.4 Å². The Labute approximate surface area is 280 Å². The summed E-state index contributed by atoms with van der Waals surface area (Å²) in [5, 5.41) is 2.94. The molecule has 0 unspecified atom stereocenters. The number of carbonyl (C=O) groups is 3. The molecule has 0 radical (unpaired) electrons. The molecule has 0 aromatic rings. The lowest BCUT2D eigenvalue weighted by Crippen LogP contribution is -2.29.